The lowest BCUT2D eigenvalue weighted by Crippen LogP contribution is -2.31. The standard InChI is InChI=1S/C15H20O2Si/c1-18(2,3)8-6-12-11-5-4-7-15(10-11)13(12)9-14(16)17-15/h9,11-12H,4-5,7,10H2,1-3H3. The van der Waals surface area contributed by atoms with Gasteiger partial charge in [0.2, 0.25) is 0 Å². The number of hydrogen-bond acceptors (Lipinski definition) is 2. The largest absolute Gasteiger partial charge is 0.451 e. The van der Waals surface area contributed by atoms with E-state index < -0.39 is 8.07 Å². The van der Waals surface area contributed by atoms with Crippen molar-refractivity contribution in [2.24, 2.45) is 11.8 Å². The monoisotopic (exact) mass is 260 g/mol. The Labute approximate surface area is 110 Å². The summed E-state index contributed by atoms with van der Waals surface area (Å²) in [5.74, 6) is 4.24. The lowest BCUT2D eigenvalue weighted by Gasteiger charge is -2.29. The second-order valence-corrected chi connectivity index (χ2v) is 11.6. The highest BCUT2D eigenvalue weighted by Crippen LogP contribution is 2.56. The van der Waals surface area contributed by atoms with Crippen LogP contribution in [-0.4, -0.2) is 19.6 Å². The molecule has 3 atom stereocenters. The van der Waals surface area contributed by atoms with Gasteiger partial charge in [0.25, 0.3) is 0 Å². The van der Waals surface area contributed by atoms with Gasteiger partial charge in [-0.25, -0.2) is 4.79 Å². The predicted molar refractivity (Wildman–Crippen MR) is 73.5 cm³/mol. The molecule has 0 saturated heterocycles. The second kappa shape index (κ2) is 3.74. The number of carbonyl (C=O) groups is 1. The number of rotatable bonds is 0. The molecule has 2 fully saturated rings. The molecule has 3 heteroatoms. The Morgan fingerprint density at radius 1 is 1.44 bits per heavy atom. The molecule has 18 heavy (non-hydrogen) atoms. The van der Waals surface area contributed by atoms with E-state index in [1.807, 2.05) is 0 Å². The average molecular weight is 260 g/mol. The fourth-order valence-corrected chi connectivity index (χ4v) is 4.16. The van der Waals surface area contributed by atoms with Gasteiger partial charge in [-0.15, -0.1) is 11.5 Å². The van der Waals surface area contributed by atoms with Crippen molar-refractivity contribution in [3.8, 4) is 11.5 Å². The highest BCUT2D eigenvalue weighted by molar-refractivity contribution is 6.83. The number of ether oxygens (including phenoxy) is 1. The van der Waals surface area contributed by atoms with Gasteiger partial charge in [-0.3, -0.25) is 0 Å². The van der Waals surface area contributed by atoms with Crippen molar-refractivity contribution in [2.75, 3.05) is 0 Å². The summed E-state index contributed by atoms with van der Waals surface area (Å²) in [7, 11) is -1.35. The molecule has 1 aliphatic heterocycles. The van der Waals surface area contributed by atoms with E-state index in [2.05, 4.69) is 31.1 Å². The summed E-state index contributed by atoms with van der Waals surface area (Å²) in [6.45, 7) is 6.80. The highest BCUT2D eigenvalue weighted by atomic mass is 28.3. The molecule has 0 aromatic heterocycles. The van der Waals surface area contributed by atoms with Crippen LogP contribution in [-0.2, 0) is 9.53 Å². The maximum absolute atomic E-state index is 11.6. The molecule has 96 valence electrons. The number of carbonyl (C=O) groups excluding carboxylic acids is 1. The summed E-state index contributed by atoms with van der Waals surface area (Å²) < 4.78 is 5.62. The Morgan fingerprint density at radius 3 is 2.94 bits per heavy atom. The van der Waals surface area contributed by atoms with Crippen LogP contribution >= 0.6 is 0 Å². The van der Waals surface area contributed by atoms with Crippen LogP contribution in [0.3, 0.4) is 0 Å². The highest BCUT2D eigenvalue weighted by Gasteiger charge is 2.56. The van der Waals surface area contributed by atoms with E-state index in [-0.39, 0.29) is 17.5 Å². The van der Waals surface area contributed by atoms with Crippen molar-refractivity contribution in [1.29, 1.82) is 0 Å². The van der Waals surface area contributed by atoms with Crippen molar-refractivity contribution in [2.45, 2.75) is 50.9 Å². The molecule has 0 amide bonds. The Bertz CT molecular complexity index is 489. The fourth-order valence-electron chi connectivity index (χ4n) is 3.57. The Kier molecular flexibility index (Phi) is 2.50. The van der Waals surface area contributed by atoms with Gasteiger partial charge in [0.15, 0.2) is 0 Å². The van der Waals surface area contributed by atoms with Crippen LogP contribution in [0.15, 0.2) is 11.6 Å². The van der Waals surface area contributed by atoms with Crippen LogP contribution in [0.4, 0.5) is 0 Å². The molecular formula is C15H20O2Si. The van der Waals surface area contributed by atoms with E-state index in [1.165, 1.54) is 18.4 Å². The molecule has 3 unspecified atom stereocenters. The Morgan fingerprint density at radius 2 is 2.22 bits per heavy atom. The van der Waals surface area contributed by atoms with Gasteiger partial charge in [0, 0.05) is 12.0 Å². The Balaban J connectivity index is 1.97. The van der Waals surface area contributed by atoms with E-state index in [1.54, 1.807) is 6.08 Å². The molecule has 0 aromatic rings. The molecule has 0 aromatic carbocycles. The molecular weight excluding hydrogens is 240 g/mol. The van der Waals surface area contributed by atoms with Gasteiger partial charge < -0.3 is 4.74 Å². The van der Waals surface area contributed by atoms with Crippen molar-refractivity contribution in [3.05, 3.63) is 11.6 Å². The van der Waals surface area contributed by atoms with Crippen molar-refractivity contribution < 1.29 is 9.53 Å². The summed E-state index contributed by atoms with van der Waals surface area (Å²) in [6, 6.07) is 0. The minimum atomic E-state index is -1.35. The van der Waals surface area contributed by atoms with Gasteiger partial charge in [0.1, 0.15) is 13.7 Å². The smallest absolute Gasteiger partial charge is 0.331 e. The molecule has 2 bridgehead atoms. The number of fused-ring (bicyclic) bond motifs is 1. The van der Waals surface area contributed by atoms with Crippen molar-refractivity contribution in [1.82, 2.24) is 0 Å². The van der Waals surface area contributed by atoms with Crippen LogP contribution in [0.1, 0.15) is 25.7 Å². The van der Waals surface area contributed by atoms with Crippen LogP contribution in [0.2, 0.25) is 19.6 Å². The topological polar surface area (TPSA) is 26.3 Å². The first-order valence-corrected chi connectivity index (χ1v) is 10.4. The third-order valence-electron chi connectivity index (χ3n) is 4.25. The van der Waals surface area contributed by atoms with E-state index in [9.17, 15) is 4.79 Å². The van der Waals surface area contributed by atoms with E-state index >= 15 is 0 Å². The van der Waals surface area contributed by atoms with E-state index in [0.29, 0.717) is 5.92 Å². The molecule has 2 aliphatic carbocycles. The first kappa shape index (κ1) is 12.0. The molecule has 0 radical (unpaired) electrons. The predicted octanol–water partition coefficient (Wildman–Crippen LogP) is 2.91. The summed E-state index contributed by atoms with van der Waals surface area (Å²) >= 11 is 0. The lowest BCUT2D eigenvalue weighted by molar-refractivity contribution is -0.147. The molecule has 3 aliphatic rings. The Hall–Kier alpha value is -1.01. The van der Waals surface area contributed by atoms with Gasteiger partial charge in [-0.1, -0.05) is 19.6 Å². The first-order valence-electron chi connectivity index (χ1n) is 6.87. The zero-order chi connectivity index (χ0) is 13.0. The minimum absolute atomic E-state index is 0.148. The van der Waals surface area contributed by atoms with Gasteiger partial charge in [-0.05, 0) is 37.2 Å². The normalized spacial score (nSPS) is 37.5. The van der Waals surface area contributed by atoms with Gasteiger partial charge in [-0.2, -0.15) is 0 Å². The molecule has 1 spiro atoms. The van der Waals surface area contributed by atoms with Crippen LogP contribution < -0.4 is 0 Å². The molecule has 0 N–H and O–H groups in total. The summed E-state index contributed by atoms with van der Waals surface area (Å²) in [4.78, 5) is 11.6. The first-order chi connectivity index (χ1) is 8.40. The van der Waals surface area contributed by atoms with E-state index in [0.717, 1.165) is 12.8 Å². The molecule has 1 heterocycles. The third-order valence-corrected chi connectivity index (χ3v) is 5.15. The van der Waals surface area contributed by atoms with Gasteiger partial charge in [0.05, 0.1) is 0 Å². The van der Waals surface area contributed by atoms with Crippen LogP contribution in [0.5, 0.6) is 0 Å². The lowest BCUT2D eigenvalue weighted by atomic mass is 9.84. The molecule has 3 rings (SSSR count). The summed E-state index contributed by atoms with van der Waals surface area (Å²) in [5, 5.41) is 0. The number of hydrogen-bond donors (Lipinski definition) is 0. The van der Waals surface area contributed by atoms with Gasteiger partial charge >= 0.3 is 5.97 Å². The third kappa shape index (κ3) is 1.83. The summed E-state index contributed by atoms with van der Waals surface area (Å²) in [6.07, 6.45) is 6.15. The average Bonchev–Trinajstić information content (AvgIpc) is 2.62. The van der Waals surface area contributed by atoms with Crippen molar-refractivity contribution >= 4 is 14.0 Å². The van der Waals surface area contributed by atoms with Crippen LogP contribution in [0, 0.1) is 23.3 Å². The minimum Gasteiger partial charge on any atom is -0.451 e. The molecule has 2 nitrogen and oxygen atoms in total. The maximum Gasteiger partial charge on any atom is 0.331 e. The summed E-state index contributed by atoms with van der Waals surface area (Å²) in [5.41, 5.74) is 4.43. The quantitative estimate of drug-likeness (QED) is 0.380. The van der Waals surface area contributed by atoms with Crippen molar-refractivity contribution in [3.63, 3.8) is 0 Å². The maximum atomic E-state index is 11.6. The number of esters is 1. The zero-order valence-electron chi connectivity index (χ0n) is 11.4. The zero-order valence-corrected chi connectivity index (χ0v) is 12.4. The second-order valence-electron chi connectivity index (χ2n) is 6.87. The molecule has 2 saturated carbocycles. The van der Waals surface area contributed by atoms with E-state index in [4.69, 9.17) is 4.74 Å². The SMILES string of the molecule is C[Si](C)(C)C#CC1C2=CC(=O)OC23CCCC1C3. The fraction of sp³-hybridized carbons (Fsp3) is 0.667. The van der Waals surface area contributed by atoms with Crippen LogP contribution in [0.25, 0.3) is 0 Å².